The first-order chi connectivity index (χ1) is 8.52. The highest BCUT2D eigenvalue weighted by Crippen LogP contribution is 2.37. The molecule has 0 radical (unpaired) electrons. The molecule has 0 aliphatic carbocycles. The summed E-state index contributed by atoms with van der Waals surface area (Å²) in [5, 5.41) is 7.15. The number of rotatable bonds is 2. The van der Waals surface area contributed by atoms with Crippen molar-refractivity contribution < 1.29 is 4.74 Å². The van der Waals surface area contributed by atoms with E-state index in [0.29, 0.717) is 12.6 Å². The van der Waals surface area contributed by atoms with Gasteiger partial charge in [0, 0.05) is 12.6 Å². The summed E-state index contributed by atoms with van der Waals surface area (Å²) in [7, 11) is 0. The molecule has 0 spiro atoms. The molecule has 100 valence electrons. The molecule has 0 aromatic heterocycles. The molecule has 1 aliphatic rings. The molecule has 3 nitrogen and oxygen atoms in total. The van der Waals surface area contributed by atoms with E-state index in [2.05, 4.69) is 37.5 Å². The van der Waals surface area contributed by atoms with E-state index in [1.165, 1.54) is 0 Å². The number of ether oxygens (including phenoxy) is 1. The standard InChI is InChI=1S/C15H24N2O/c1-5-18-12-8-6-7-11-14(12)16-10-9-13(17-11)15(2,3)4/h6-8,13,16-17H,5,9-10H2,1-4H3. The first-order valence-electron chi connectivity index (χ1n) is 6.78. The zero-order valence-corrected chi connectivity index (χ0v) is 11.8. The largest absolute Gasteiger partial charge is 0.492 e. The van der Waals surface area contributed by atoms with Crippen LogP contribution in [0.3, 0.4) is 0 Å². The van der Waals surface area contributed by atoms with Crippen LogP contribution < -0.4 is 15.4 Å². The van der Waals surface area contributed by atoms with Crippen molar-refractivity contribution in [2.24, 2.45) is 5.41 Å². The summed E-state index contributed by atoms with van der Waals surface area (Å²) >= 11 is 0. The van der Waals surface area contributed by atoms with Gasteiger partial charge in [0.1, 0.15) is 11.4 Å². The second-order valence-corrected chi connectivity index (χ2v) is 5.89. The van der Waals surface area contributed by atoms with E-state index in [1.54, 1.807) is 0 Å². The molecule has 1 unspecified atom stereocenters. The van der Waals surface area contributed by atoms with Gasteiger partial charge in [-0.2, -0.15) is 0 Å². The van der Waals surface area contributed by atoms with Gasteiger partial charge in [-0.15, -0.1) is 0 Å². The van der Waals surface area contributed by atoms with Crippen LogP contribution in [0.1, 0.15) is 34.1 Å². The van der Waals surface area contributed by atoms with Gasteiger partial charge in [-0.05, 0) is 30.9 Å². The Morgan fingerprint density at radius 3 is 2.78 bits per heavy atom. The van der Waals surface area contributed by atoms with Gasteiger partial charge in [-0.25, -0.2) is 0 Å². The molecule has 3 heteroatoms. The molecule has 2 rings (SSSR count). The summed E-state index contributed by atoms with van der Waals surface area (Å²) < 4.78 is 5.68. The van der Waals surface area contributed by atoms with Crippen molar-refractivity contribution >= 4 is 11.4 Å². The molecular formula is C15H24N2O. The minimum atomic E-state index is 0.255. The Hall–Kier alpha value is -1.38. The zero-order chi connectivity index (χ0) is 13.2. The van der Waals surface area contributed by atoms with Crippen LogP contribution in [0.15, 0.2) is 18.2 Å². The summed E-state index contributed by atoms with van der Waals surface area (Å²) in [5.74, 6) is 0.942. The third kappa shape index (κ3) is 2.71. The quantitative estimate of drug-likeness (QED) is 0.836. The van der Waals surface area contributed by atoms with E-state index in [0.717, 1.165) is 30.1 Å². The average Bonchev–Trinajstić information content (AvgIpc) is 2.51. The van der Waals surface area contributed by atoms with Crippen molar-refractivity contribution in [3.8, 4) is 5.75 Å². The molecule has 2 N–H and O–H groups in total. The number of fused-ring (bicyclic) bond motifs is 1. The fraction of sp³-hybridized carbons (Fsp3) is 0.600. The number of benzene rings is 1. The minimum absolute atomic E-state index is 0.255. The van der Waals surface area contributed by atoms with E-state index >= 15 is 0 Å². The van der Waals surface area contributed by atoms with Gasteiger partial charge in [0.05, 0.1) is 12.3 Å². The maximum atomic E-state index is 5.68. The molecule has 1 heterocycles. The lowest BCUT2D eigenvalue weighted by Crippen LogP contribution is -2.34. The molecule has 0 bridgehead atoms. The summed E-state index contributed by atoms with van der Waals surface area (Å²) in [5.41, 5.74) is 2.51. The Morgan fingerprint density at radius 1 is 1.33 bits per heavy atom. The molecule has 1 aromatic rings. The molecule has 1 aliphatic heterocycles. The van der Waals surface area contributed by atoms with Crippen molar-refractivity contribution in [3.63, 3.8) is 0 Å². The normalized spacial score (nSPS) is 19.2. The average molecular weight is 248 g/mol. The number of anilines is 2. The molecular weight excluding hydrogens is 224 g/mol. The van der Waals surface area contributed by atoms with Gasteiger partial charge in [-0.3, -0.25) is 0 Å². The number of nitrogens with one attached hydrogen (secondary N) is 2. The molecule has 0 amide bonds. The second kappa shape index (κ2) is 5.09. The van der Waals surface area contributed by atoms with Gasteiger partial charge >= 0.3 is 0 Å². The summed E-state index contributed by atoms with van der Waals surface area (Å²) in [6.45, 7) is 10.5. The fourth-order valence-electron chi connectivity index (χ4n) is 2.36. The first kappa shape index (κ1) is 13.1. The van der Waals surface area contributed by atoms with Crippen LogP contribution in [0.4, 0.5) is 11.4 Å². The topological polar surface area (TPSA) is 33.3 Å². The van der Waals surface area contributed by atoms with Crippen LogP contribution in [0.5, 0.6) is 5.75 Å². The lowest BCUT2D eigenvalue weighted by atomic mass is 9.85. The highest BCUT2D eigenvalue weighted by molar-refractivity contribution is 5.76. The SMILES string of the molecule is CCOc1cccc2c1NCCC(C(C)(C)C)N2. The van der Waals surface area contributed by atoms with E-state index in [4.69, 9.17) is 4.74 Å². The number of para-hydroxylation sites is 1. The van der Waals surface area contributed by atoms with E-state index in [1.807, 2.05) is 19.1 Å². The van der Waals surface area contributed by atoms with Crippen molar-refractivity contribution in [2.45, 2.75) is 40.2 Å². The van der Waals surface area contributed by atoms with Crippen molar-refractivity contribution in [1.29, 1.82) is 0 Å². The molecule has 18 heavy (non-hydrogen) atoms. The smallest absolute Gasteiger partial charge is 0.144 e. The molecule has 1 aromatic carbocycles. The molecule has 0 saturated carbocycles. The van der Waals surface area contributed by atoms with E-state index in [-0.39, 0.29) is 5.41 Å². The molecule has 0 saturated heterocycles. The Bertz CT molecular complexity index is 409. The fourth-order valence-corrected chi connectivity index (χ4v) is 2.36. The highest BCUT2D eigenvalue weighted by Gasteiger charge is 2.27. The van der Waals surface area contributed by atoms with Crippen molar-refractivity contribution in [2.75, 3.05) is 23.8 Å². The van der Waals surface area contributed by atoms with Gasteiger partial charge in [-0.1, -0.05) is 26.8 Å². The van der Waals surface area contributed by atoms with Crippen LogP contribution >= 0.6 is 0 Å². The zero-order valence-electron chi connectivity index (χ0n) is 11.8. The van der Waals surface area contributed by atoms with Crippen LogP contribution in [-0.4, -0.2) is 19.2 Å². The maximum absolute atomic E-state index is 5.68. The summed E-state index contributed by atoms with van der Waals surface area (Å²) in [6.07, 6.45) is 1.11. The number of hydrogen-bond donors (Lipinski definition) is 2. The predicted molar refractivity (Wildman–Crippen MR) is 77.6 cm³/mol. The van der Waals surface area contributed by atoms with Crippen LogP contribution in [-0.2, 0) is 0 Å². The Kier molecular flexibility index (Phi) is 3.69. The monoisotopic (exact) mass is 248 g/mol. The van der Waals surface area contributed by atoms with Gasteiger partial charge in [0.25, 0.3) is 0 Å². The first-order valence-corrected chi connectivity index (χ1v) is 6.78. The van der Waals surface area contributed by atoms with E-state index in [9.17, 15) is 0 Å². The van der Waals surface area contributed by atoms with E-state index < -0.39 is 0 Å². The second-order valence-electron chi connectivity index (χ2n) is 5.89. The Morgan fingerprint density at radius 2 is 2.11 bits per heavy atom. The summed E-state index contributed by atoms with van der Waals surface area (Å²) in [6, 6.07) is 6.66. The third-order valence-corrected chi connectivity index (χ3v) is 3.44. The lowest BCUT2D eigenvalue weighted by molar-refractivity contribution is 0.332. The third-order valence-electron chi connectivity index (χ3n) is 3.44. The summed E-state index contributed by atoms with van der Waals surface area (Å²) in [4.78, 5) is 0. The van der Waals surface area contributed by atoms with Crippen molar-refractivity contribution in [1.82, 2.24) is 0 Å². The number of hydrogen-bond acceptors (Lipinski definition) is 3. The van der Waals surface area contributed by atoms with Crippen LogP contribution in [0.25, 0.3) is 0 Å². The van der Waals surface area contributed by atoms with Gasteiger partial charge < -0.3 is 15.4 Å². The minimum Gasteiger partial charge on any atom is -0.492 e. The predicted octanol–water partition coefficient (Wildman–Crippen LogP) is 3.73. The Balaban J connectivity index is 2.30. The molecule has 1 atom stereocenters. The highest BCUT2D eigenvalue weighted by atomic mass is 16.5. The van der Waals surface area contributed by atoms with Gasteiger partial charge in [0.2, 0.25) is 0 Å². The Labute approximate surface area is 110 Å². The van der Waals surface area contributed by atoms with Crippen molar-refractivity contribution in [3.05, 3.63) is 18.2 Å². The maximum Gasteiger partial charge on any atom is 0.144 e. The van der Waals surface area contributed by atoms with Crippen LogP contribution in [0, 0.1) is 5.41 Å². The van der Waals surface area contributed by atoms with Gasteiger partial charge in [0.15, 0.2) is 0 Å². The molecule has 0 fully saturated rings. The van der Waals surface area contributed by atoms with Crippen LogP contribution in [0.2, 0.25) is 0 Å². The lowest BCUT2D eigenvalue weighted by Gasteiger charge is -2.31.